The number of benzene rings is 1. The third-order valence-electron chi connectivity index (χ3n) is 2.70. The Kier molecular flexibility index (Phi) is 3.97. The minimum Gasteiger partial charge on any atom is -0.508 e. The van der Waals surface area contributed by atoms with Gasteiger partial charge in [0.1, 0.15) is 5.75 Å². The number of nitrogens with two attached hydrogens (primary N) is 1. The van der Waals surface area contributed by atoms with Gasteiger partial charge in [0.15, 0.2) is 0 Å². The van der Waals surface area contributed by atoms with E-state index in [9.17, 15) is 9.90 Å². The Bertz CT molecular complexity index is 570. The van der Waals surface area contributed by atoms with E-state index < -0.39 is 0 Å². The minimum atomic E-state index is -0.294. The van der Waals surface area contributed by atoms with E-state index in [1.54, 1.807) is 12.4 Å². The van der Waals surface area contributed by atoms with Crippen LogP contribution in [0.15, 0.2) is 42.7 Å². The van der Waals surface area contributed by atoms with E-state index in [4.69, 9.17) is 5.73 Å². The summed E-state index contributed by atoms with van der Waals surface area (Å²) in [4.78, 5) is 15.9. The molecule has 1 amide bonds. The Labute approximate surface area is 111 Å². The van der Waals surface area contributed by atoms with Gasteiger partial charge in [0.05, 0.1) is 5.56 Å². The molecule has 5 nitrogen and oxygen atoms in total. The van der Waals surface area contributed by atoms with Crippen molar-refractivity contribution in [1.82, 2.24) is 10.3 Å². The van der Waals surface area contributed by atoms with Crippen molar-refractivity contribution in [3.63, 3.8) is 0 Å². The number of nitrogen functional groups attached to an aromatic ring is 1. The number of carbonyl (C=O) groups excluding carboxylic acids is 1. The van der Waals surface area contributed by atoms with Crippen molar-refractivity contribution >= 4 is 11.6 Å². The highest BCUT2D eigenvalue weighted by Crippen LogP contribution is 2.18. The van der Waals surface area contributed by atoms with Crippen LogP contribution in [0.25, 0.3) is 0 Å². The monoisotopic (exact) mass is 257 g/mol. The molecule has 0 atom stereocenters. The van der Waals surface area contributed by atoms with Crippen LogP contribution in [0.3, 0.4) is 0 Å². The number of hydrogen-bond donors (Lipinski definition) is 3. The van der Waals surface area contributed by atoms with E-state index in [0.29, 0.717) is 18.7 Å². The van der Waals surface area contributed by atoms with E-state index in [1.807, 2.05) is 12.1 Å². The van der Waals surface area contributed by atoms with Gasteiger partial charge in [0.2, 0.25) is 0 Å². The second kappa shape index (κ2) is 5.86. The number of aromatic nitrogens is 1. The zero-order chi connectivity index (χ0) is 13.7. The molecule has 0 radical (unpaired) electrons. The lowest BCUT2D eigenvalue weighted by Gasteiger charge is -2.07. The number of nitrogens with one attached hydrogen (secondary N) is 1. The Morgan fingerprint density at radius 3 is 2.95 bits per heavy atom. The molecule has 2 rings (SSSR count). The molecule has 0 spiro atoms. The molecular formula is C14H15N3O2. The second-order valence-electron chi connectivity index (χ2n) is 4.14. The predicted octanol–water partition coefficient (Wildman–Crippen LogP) is 1.34. The summed E-state index contributed by atoms with van der Waals surface area (Å²) in [6.07, 6.45) is 4.16. The molecule has 0 saturated carbocycles. The van der Waals surface area contributed by atoms with Gasteiger partial charge in [0.25, 0.3) is 5.91 Å². The summed E-state index contributed by atoms with van der Waals surface area (Å²) >= 11 is 0. The Balaban J connectivity index is 1.93. The summed E-state index contributed by atoms with van der Waals surface area (Å²) in [5, 5.41) is 12.1. The summed E-state index contributed by atoms with van der Waals surface area (Å²) in [5.41, 5.74) is 7.37. The maximum absolute atomic E-state index is 11.9. The first-order valence-electron chi connectivity index (χ1n) is 5.92. The largest absolute Gasteiger partial charge is 0.508 e. The molecular weight excluding hydrogens is 242 g/mol. The van der Waals surface area contributed by atoms with Crippen LogP contribution in [0.5, 0.6) is 5.75 Å². The summed E-state index contributed by atoms with van der Waals surface area (Å²) < 4.78 is 0. The molecule has 0 aliphatic heterocycles. The van der Waals surface area contributed by atoms with Crippen LogP contribution in [0.4, 0.5) is 5.69 Å². The highest BCUT2D eigenvalue weighted by atomic mass is 16.3. The Morgan fingerprint density at radius 1 is 1.37 bits per heavy atom. The van der Waals surface area contributed by atoms with Gasteiger partial charge in [-0.3, -0.25) is 9.78 Å². The van der Waals surface area contributed by atoms with Gasteiger partial charge in [0, 0.05) is 24.6 Å². The first kappa shape index (κ1) is 12.9. The van der Waals surface area contributed by atoms with Crippen LogP contribution in [0, 0.1) is 0 Å². The van der Waals surface area contributed by atoms with Crippen LogP contribution in [-0.4, -0.2) is 22.5 Å². The van der Waals surface area contributed by atoms with Crippen LogP contribution in [0.1, 0.15) is 15.9 Å². The maximum atomic E-state index is 11.9. The number of pyridine rings is 1. The van der Waals surface area contributed by atoms with E-state index >= 15 is 0 Å². The van der Waals surface area contributed by atoms with Gasteiger partial charge >= 0.3 is 0 Å². The number of phenols is 1. The molecule has 0 aliphatic rings. The van der Waals surface area contributed by atoms with Gasteiger partial charge in [-0.2, -0.15) is 0 Å². The fraction of sp³-hybridized carbons (Fsp3) is 0.143. The molecule has 0 saturated heterocycles. The van der Waals surface area contributed by atoms with Crippen LogP contribution < -0.4 is 11.1 Å². The predicted molar refractivity (Wildman–Crippen MR) is 72.8 cm³/mol. The molecule has 1 aromatic carbocycles. The number of amides is 1. The fourth-order valence-corrected chi connectivity index (χ4v) is 1.70. The van der Waals surface area contributed by atoms with Crippen molar-refractivity contribution in [3.8, 4) is 5.75 Å². The summed E-state index contributed by atoms with van der Waals surface area (Å²) in [5.74, 6) is -0.274. The molecule has 5 heteroatoms. The first-order chi connectivity index (χ1) is 9.16. The smallest absolute Gasteiger partial charge is 0.253 e. The molecule has 0 unspecified atom stereocenters. The number of carbonyl (C=O) groups is 1. The zero-order valence-corrected chi connectivity index (χ0v) is 10.3. The molecule has 1 heterocycles. The van der Waals surface area contributed by atoms with E-state index in [2.05, 4.69) is 10.3 Å². The molecule has 4 N–H and O–H groups in total. The van der Waals surface area contributed by atoms with Gasteiger partial charge < -0.3 is 16.2 Å². The fourth-order valence-electron chi connectivity index (χ4n) is 1.70. The van der Waals surface area contributed by atoms with Crippen molar-refractivity contribution in [2.45, 2.75) is 6.42 Å². The lowest BCUT2D eigenvalue weighted by molar-refractivity contribution is 0.0954. The van der Waals surface area contributed by atoms with Crippen LogP contribution in [0.2, 0.25) is 0 Å². The van der Waals surface area contributed by atoms with E-state index in [1.165, 1.54) is 18.2 Å². The third kappa shape index (κ3) is 3.45. The minimum absolute atomic E-state index is 0.0200. The number of rotatable bonds is 4. The lowest BCUT2D eigenvalue weighted by Crippen LogP contribution is -2.26. The van der Waals surface area contributed by atoms with Crippen molar-refractivity contribution in [2.75, 3.05) is 12.3 Å². The van der Waals surface area contributed by atoms with Crippen LogP contribution in [-0.2, 0) is 6.42 Å². The average Bonchev–Trinajstić information content (AvgIpc) is 2.42. The molecule has 2 aromatic rings. The summed E-state index contributed by atoms with van der Waals surface area (Å²) in [7, 11) is 0. The molecule has 0 aliphatic carbocycles. The number of aromatic hydroxyl groups is 1. The first-order valence-corrected chi connectivity index (χ1v) is 5.92. The van der Waals surface area contributed by atoms with Crippen molar-refractivity contribution in [3.05, 3.63) is 53.9 Å². The lowest BCUT2D eigenvalue weighted by atomic mass is 10.1. The molecule has 0 bridgehead atoms. The SMILES string of the molecule is Nc1ccc(O)cc1C(=O)NCCc1cccnc1. The maximum Gasteiger partial charge on any atom is 0.253 e. The van der Waals surface area contributed by atoms with Gasteiger partial charge in [-0.1, -0.05) is 6.07 Å². The number of phenolic OH excluding ortho intramolecular Hbond substituents is 1. The van der Waals surface area contributed by atoms with Crippen molar-refractivity contribution < 1.29 is 9.90 Å². The summed E-state index contributed by atoms with van der Waals surface area (Å²) in [6, 6.07) is 8.11. The quantitative estimate of drug-likeness (QED) is 0.569. The average molecular weight is 257 g/mol. The second-order valence-corrected chi connectivity index (χ2v) is 4.14. The highest BCUT2D eigenvalue weighted by Gasteiger charge is 2.09. The topological polar surface area (TPSA) is 88.2 Å². The molecule has 19 heavy (non-hydrogen) atoms. The normalized spacial score (nSPS) is 10.1. The standard InChI is InChI=1S/C14H15N3O2/c15-13-4-3-11(18)8-12(13)14(19)17-7-5-10-2-1-6-16-9-10/h1-4,6,8-9,18H,5,7,15H2,(H,17,19). The number of nitrogens with zero attached hydrogens (tertiary/aromatic N) is 1. The third-order valence-corrected chi connectivity index (χ3v) is 2.70. The zero-order valence-electron chi connectivity index (χ0n) is 10.3. The van der Waals surface area contributed by atoms with Gasteiger partial charge in [-0.15, -0.1) is 0 Å². The van der Waals surface area contributed by atoms with Gasteiger partial charge in [-0.25, -0.2) is 0 Å². The van der Waals surface area contributed by atoms with Crippen molar-refractivity contribution in [2.24, 2.45) is 0 Å². The van der Waals surface area contributed by atoms with E-state index in [0.717, 1.165) is 5.56 Å². The van der Waals surface area contributed by atoms with Crippen molar-refractivity contribution in [1.29, 1.82) is 0 Å². The molecule has 1 aromatic heterocycles. The van der Waals surface area contributed by atoms with E-state index in [-0.39, 0.29) is 17.2 Å². The Hall–Kier alpha value is -2.56. The van der Waals surface area contributed by atoms with Gasteiger partial charge in [-0.05, 0) is 36.2 Å². The molecule has 0 fully saturated rings. The molecule has 98 valence electrons. The highest BCUT2D eigenvalue weighted by molar-refractivity contribution is 5.99. The summed E-state index contributed by atoms with van der Waals surface area (Å²) in [6.45, 7) is 0.486. The van der Waals surface area contributed by atoms with Crippen LogP contribution >= 0.6 is 0 Å². The Morgan fingerprint density at radius 2 is 2.21 bits per heavy atom. The number of anilines is 1. The number of hydrogen-bond acceptors (Lipinski definition) is 4.